The number of amides is 2. The molecule has 6 heteroatoms. The van der Waals surface area contributed by atoms with Crippen LogP contribution in [-0.4, -0.2) is 32.0 Å². The second kappa shape index (κ2) is 8.93. The van der Waals surface area contributed by atoms with Crippen molar-refractivity contribution >= 4 is 23.4 Å². The number of methoxy groups -OCH3 is 1. The highest BCUT2D eigenvalue weighted by Gasteiger charge is 2.07. The zero-order valence-corrected chi connectivity index (χ0v) is 14.1. The van der Waals surface area contributed by atoms with E-state index in [-0.39, 0.29) is 18.4 Å². The van der Waals surface area contributed by atoms with Gasteiger partial charge in [0.25, 0.3) is 5.91 Å². The van der Waals surface area contributed by atoms with Crippen LogP contribution in [-0.2, 0) is 11.2 Å². The first-order valence-corrected chi connectivity index (χ1v) is 7.89. The Morgan fingerprint density at radius 1 is 1.00 bits per heavy atom. The number of rotatable bonds is 7. The fourth-order valence-corrected chi connectivity index (χ4v) is 2.19. The summed E-state index contributed by atoms with van der Waals surface area (Å²) in [6.07, 6.45) is 0.709. The lowest BCUT2D eigenvalue weighted by Crippen LogP contribution is -2.37. The Labute approximate surface area is 146 Å². The van der Waals surface area contributed by atoms with Gasteiger partial charge in [0.2, 0.25) is 5.91 Å². The van der Waals surface area contributed by atoms with Gasteiger partial charge in [0.15, 0.2) is 0 Å². The van der Waals surface area contributed by atoms with Crippen LogP contribution in [0.15, 0.2) is 48.5 Å². The van der Waals surface area contributed by atoms with Crippen molar-refractivity contribution in [2.75, 3.05) is 20.2 Å². The molecule has 2 aromatic carbocycles. The predicted molar refractivity (Wildman–Crippen MR) is 93.5 cm³/mol. The molecule has 24 heavy (non-hydrogen) atoms. The van der Waals surface area contributed by atoms with E-state index in [2.05, 4.69) is 10.6 Å². The molecule has 0 aliphatic rings. The van der Waals surface area contributed by atoms with Gasteiger partial charge in [0, 0.05) is 17.1 Å². The molecule has 0 saturated heterocycles. The summed E-state index contributed by atoms with van der Waals surface area (Å²) in [5, 5.41) is 5.90. The lowest BCUT2D eigenvalue weighted by atomic mass is 10.1. The second-order valence-corrected chi connectivity index (χ2v) is 5.57. The molecule has 0 aromatic heterocycles. The molecule has 5 nitrogen and oxygen atoms in total. The average Bonchev–Trinajstić information content (AvgIpc) is 2.61. The maximum absolute atomic E-state index is 11.9. The summed E-state index contributed by atoms with van der Waals surface area (Å²) in [4.78, 5) is 23.6. The van der Waals surface area contributed by atoms with Crippen LogP contribution in [0.1, 0.15) is 15.9 Å². The van der Waals surface area contributed by atoms with Crippen molar-refractivity contribution in [1.82, 2.24) is 10.6 Å². The molecule has 0 saturated carbocycles. The maximum Gasteiger partial charge on any atom is 0.251 e. The zero-order valence-electron chi connectivity index (χ0n) is 13.3. The topological polar surface area (TPSA) is 67.4 Å². The van der Waals surface area contributed by atoms with Crippen molar-refractivity contribution in [2.24, 2.45) is 0 Å². The van der Waals surface area contributed by atoms with Gasteiger partial charge < -0.3 is 15.4 Å². The minimum atomic E-state index is -0.308. The number of halogens is 1. The summed E-state index contributed by atoms with van der Waals surface area (Å²) in [6, 6.07) is 14.1. The van der Waals surface area contributed by atoms with Crippen LogP contribution in [0.5, 0.6) is 5.75 Å². The smallest absolute Gasteiger partial charge is 0.251 e. The van der Waals surface area contributed by atoms with Gasteiger partial charge in [-0.25, -0.2) is 0 Å². The van der Waals surface area contributed by atoms with Crippen molar-refractivity contribution in [3.05, 3.63) is 64.7 Å². The summed E-state index contributed by atoms with van der Waals surface area (Å²) in [5.74, 6) is 0.260. The SMILES string of the molecule is COc1ccc(CCNC(=O)CNC(=O)c2ccc(Cl)cc2)cc1. The van der Waals surface area contributed by atoms with Crippen LogP contribution >= 0.6 is 11.6 Å². The van der Waals surface area contributed by atoms with Crippen LogP contribution in [0.25, 0.3) is 0 Å². The molecule has 0 heterocycles. The highest BCUT2D eigenvalue weighted by Crippen LogP contribution is 2.11. The zero-order chi connectivity index (χ0) is 17.4. The summed E-state index contributed by atoms with van der Waals surface area (Å²) in [6.45, 7) is 0.437. The molecule has 2 aromatic rings. The third-order valence-electron chi connectivity index (χ3n) is 3.41. The molecule has 0 aliphatic carbocycles. The van der Waals surface area contributed by atoms with E-state index in [0.717, 1.165) is 11.3 Å². The molecule has 0 unspecified atom stereocenters. The Hall–Kier alpha value is -2.53. The third kappa shape index (κ3) is 5.59. The maximum atomic E-state index is 11.9. The van der Waals surface area contributed by atoms with Crippen LogP contribution in [0.4, 0.5) is 0 Å². The first-order valence-electron chi connectivity index (χ1n) is 7.52. The van der Waals surface area contributed by atoms with Crippen molar-refractivity contribution in [1.29, 1.82) is 0 Å². The largest absolute Gasteiger partial charge is 0.497 e. The van der Waals surface area contributed by atoms with Crippen LogP contribution in [0.2, 0.25) is 5.02 Å². The van der Waals surface area contributed by atoms with Crippen molar-refractivity contribution in [2.45, 2.75) is 6.42 Å². The average molecular weight is 347 g/mol. The number of nitrogens with one attached hydrogen (secondary N) is 2. The fraction of sp³-hybridized carbons (Fsp3) is 0.222. The van der Waals surface area contributed by atoms with E-state index < -0.39 is 0 Å². The molecule has 0 aliphatic heterocycles. The molecule has 126 valence electrons. The van der Waals surface area contributed by atoms with E-state index in [0.29, 0.717) is 23.6 Å². The number of carbonyl (C=O) groups is 2. The van der Waals surface area contributed by atoms with Gasteiger partial charge >= 0.3 is 0 Å². The van der Waals surface area contributed by atoms with E-state index in [1.54, 1.807) is 31.4 Å². The molecule has 0 radical (unpaired) electrons. The number of ether oxygens (including phenoxy) is 1. The lowest BCUT2D eigenvalue weighted by molar-refractivity contribution is -0.120. The molecule has 2 rings (SSSR count). The number of hydrogen-bond acceptors (Lipinski definition) is 3. The summed E-state index contributed by atoms with van der Waals surface area (Å²) >= 11 is 5.77. The minimum absolute atomic E-state index is 0.0654. The highest BCUT2D eigenvalue weighted by atomic mass is 35.5. The molecule has 0 fully saturated rings. The summed E-state index contributed by atoms with van der Waals surface area (Å²) < 4.78 is 5.09. The molecule has 0 spiro atoms. The Bertz CT molecular complexity index is 684. The van der Waals surface area contributed by atoms with Crippen molar-refractivity contribution in [3.63, 3.8) is 0 Å². The van der Waals surface area contributed by atoms with E-state index in [4.69, 9.17) is 16.3 Å². The highest BCUT2D eigenvalue weighted by molar-refractivity contribution is 6.30. The molecule has 0 atom stereocenters. The lowest BCUT2D eigenvalue weighted by Gasteiger charge is -2.08. The Morgan fingerprint density at radius 3 is 2.29 bits per heavy atom. The Morgan fingerprint density at radius 2 is 1.67 bits per heavy atom. The molecule has 2 amide bonds. The molecule has 2 N–H and O–H groups in total. The summed E-state index contributed by atoms with van der Waals surface area (Å²) in [5.41, 5.74) is 1.56. The van der Waals surface area contributed by atoms with Gasteiger partial charge in [0.05, 0.1) is 13.7 Å². The van der Waals surface area contributed by atoms with E-state index >= 15 is 0 Å². The fourth-order valence-electron chi connectivity index (χ4n) is 2.06. The van der Waals surface area contributed by atoms with E-state index in [9.17, 15) is 9.59 Å². The number of carbonyl (C=O) groups excluding carboxylic acids is 2. The van der Waals surface area contributed by atoms with E-state index in [1.807, 2.05) is 24.3 Å². The molecular formula is C18H19ClN2O3. The van der Waals surface area contributed by atoms with Crippen LogP contribution in [0, 0.1) is 0 Å². The van der Waals surface area contributed by atoms with Crippen LogP contribution < -0.4 is 15.4 Å². The standard InChI is InChI=1S/C18H19ClN2O3/c1-24-16-8-2-13(3-9-16)10-11-20-17(22)12-21-18(23)14-4-6-15(19)7-5-14/h2-9H,10-12H2,1H3,(H,20,22)(H,21,23). The van der Waals surface area contributed by atoms with Crippen molar-refractivity contribution in [3.8, 4) is 5.75 Å². The first kappa shape index (κ1) is 17.8. The monoisotopic (exact) mass is 346 g/mol. The van der Waals surface area contributed by atoms with Gasteiger partial charge in [-0.15, -0.1) is 0 Å². The minimum Gasteiger partial charge on any atom is -0.497 e. The van der Waals surface area contributed by atoms with Crippen molar-refractivity contribution < 1.29 is 14.3 Å². The third-order valence-corrected chi connectivity index (χ3v) is 3.66. The second-order valence-electron chi connectivity index (χ2n) is 5.14. The van der Waals surface area contributed by atoms with Gasteiger partial charge in [0.1, 0.15) is 5.75 Å². The Balaban J connectivity index is 1.69. The van der Waals surface area contributed by atoms with E-state index in [1.165, 1.54) is 0 Å². The van der Waals surface area contributed by atoms with Gasteiger partial charge in [-0.2, -0.15) is 0 Å². The summed E-state index contributed by atoms with van der Waals surface area (Å²) in [7, 11) is 1.62. The van der Waals surface area contributed by atoms with Crippen LogP contribution in [0.3, 0.4) is 0 Å². The van der Waals surface area contributed by atoms with Gasteiger partial charge in [-0.05, 0) is 48.4 Å². The normalized spacial score (nSPS) is 10.1. The molecule has 0 bridgehead atoms. The first-order chi connectivity index (χ1) is 11.6. The van der Waals surface area contributed by atoms with Gasteiger partial charge in [-0.1, -0.05) is 23.7 Å². The predicted octanol–water partition coefficient (Wildman–Crippen LogP) is 2.44. The Kier molecular flexibility index (Phi) is 6.63. The molecular weight excluding hydrogens is 328 g/mol. The quantitative estimate of drug-likeness (QED) is 0.809. The van der Waals surface area contributed by atoms with Gasteiger partial charge in [-0.3, -0.25) is 9.59 Å². The number of hydrogen-bond donors (Lipinski definition) is 2. The number of benzene rings is 2.